The van der Waals surface area contributed by atoms with E-state index in [2.05, 4.69) is 15.3 Å². The summed E-state index contributed by atoms with van der Waals surface area (Å²) >= 11 is 0. The lowest BCUT2D eigenvalue weighted by Gasteiger charge is -2.18. The van der Waals surface area contributed by atoms with Crippen LogP contribution in [0.15, 0.2) is 36.7 Å². The minimum absolute atomic E-state index is 0.234. The van der Waals surface area contributed by atoms with Gasteiger partial charge in [-0.15, -0.1) is 0 Å². The molecule has 3 rings (SSSR count). The zero-order valence-corrected chi connectivity index (χ0v) is 11.9. The third kappa shape index (κ3) is 3.19. The fourth-order valence-corrected chi connectivity index (χ4v) is 2.69. The Balaban J connectivity index is 1.62. The second-order valence-corrected chi connectivity index (χ2v) is 5.35. The van der Waals surface area contributed by atoms with Gasteiger partial charge in [0.2, 0.25) is 0 Å². The highest BCUT2D eigenvalue weighted by atomic mass is 19.1. The van der Waals surface area contributed by atoms with Crippen LogP contribution in [0.25, 0.3) is 0 Å². The molecule has 1 aromatic carbocycles. The second-order valence-electron chi connectivity index (χ2n) is 5.35. The first kappa shape index (κ1) is 14.4. The number of anilines is 1. The van der Waals surface area contributed by atoms with E-state index >= 15 is 0 Å². The van der Waals surface area contributed by atoms with E-state index in [1.807, 2.05) is 10.9 Å². The average Bonchev–Trinajstić information content (AvgIpc) is 3.15. The molecule has 2 aromatic rings. The number of carboxylic acid groups (broad SMARTS) is 1. The Kier molecular flexibility index (Phi) is 3.95. The topological polar surface area (TPSA) is 70.4 Å². The fraction of sp³-hybridized carbons (Fsp3) is 0.333. The van der Waals surface area contributed by atoms with Gasteiger partial charge in [-0.25, -0.2) is 9.18 Å². The lowest BCUT2D eigenvalue weighted by molar-refractivity contribution is 0.194. The van der Waals surface area contributed by atoms with E-state index in [9.17, 15) is 9.18 Å². The first-order valence-electron chi connectivity index (χ1n) is 7.12. The smallest absolute Gasteiger partial charge is 0.404 e. The number of nitrogens with zero attached hydrogens (tertiary/aromatic N) is 3. The quantitative estimate of drug-likeness (QED) is 0.909. The summed E-state index contributed by atoms with van der Waals surface area (Å²) in [6, 6.07) is 6.73. The highest BCUT2D eigenvalue weighted by Crippen LogP contribution is 2.26. The molecule has 1 fully saturated rings. The van der Waals surface area contributed by atoms with Crippen molar-refractivity contribution in [3.63, 3.8) is 0 Å². The van der Waals surface area contributed by atoms with Gasteiger partial charge in [0.25, 0.3) is 0 Å². The van der Waals surface area contributed by atoms with Gasteiger partial charge in [-0.2, -0.15) is 5.10 Å². The number of aromatic nitrogens is 2. The zero-order valence-electron chi connectivity index (χ0n) is 11.9. The van der Waals surface area contributed by atoms with Crippen molar-refractivity contribution >= 4 is 11.8 Å². The number of hydrogen-bond acceptors (Lipinski definition) is 3. The lowest BCUT2D eigenvalue weighted by Crippen LogP contribution is -2.21. The van der Waals surface area contributed by atoms with E-state index in [1.165, 1.54) is 12.1 Å². The van der Waals surface area contributed by atoms with E-state index in [-0.39, 0.29) is 18.4 Å². The number of halogens is 1. The van der Waals surface area contributed by atoms with E-state index in [0.29, 0.717) is 0 Å². The minimum atomic E-state index is -1.05. The van der Waals surface area contributed by atoms with Crippen molar-refractivity contribution in [2.24, 2.45) is 0 Å². The van der Waals surface area contributed by atoms with Crippen molar-refractivity contribution < 1.29 is 14.3 Å². The lowest BCUT2D eigenvalue weighted by atomic mass is 10.2. The summed E-state index contributed by atoms with van der Waals surface area (Å²) in [4.78, 5) is 12.7. The highest BCUT2D eigenvalue weighted by molar-refractivity contribution is 5.64. The van der Waals surface area contributed by atoms with Gasteiger partial charge in [0.05, 0.1) is 12.2 Å². The Morgan fingerprint density at radius 3 is 2.91 bits per heavy atom. The molecule has 1 aromatic heterocycles. The third-order valence-electron chi connectivity index (χ3n) is 3.83. The van der Waals surface area contributed by atoms with Gasteiger partial charge < -0.3 is 15.3 Å². The summed E-state index contributed by atoms with van der Waals surface area (Å²) in [5, 5.41) is 15.2. The molecule has 22 heavy (non-hydrogen) atoms. The zero-order chi connectivity index (χ0) is 15.5. The van der Waals surface area contributed by atoms with Crippen molar-refractivity contribution in [2.75, 3.05) is 18.0 Å². The molecule has 0 bridgehead atoms. The van der Waals surface area contributed by atoms with Crippen LogP contribution in [0.1, 0.15) is 18.0 Å². The maximum absolute atomic E-state index is 13.0. The molecule has 0 spiro atoms. The van der Waals surface area contributed by atoms with Gasteiger partial charge >= 0.3 is 6.09 Å². The van der Waals surface area contributed by atoms with Crippen molar-refractivity contribution in [2.45, 2.75) is 19.0 Å². The Morgan fingerprint density at radius 2 is 2.18 bits per heavy atom. The third-order valence-corrected chi connectivity index (χ3v) is 3.83. The minimum Gasteiger partial charge on any atom is -0.465 e. The fourth-order valence-electron chi connectivity index (χ4n) is 2.69. The summed E-state index contributed by atoms with van der Waals surface area (Å²) in [6.45, 7) is 1.95. The van der Waals surface area contributed by atoms with Gasteiger partial charge in [0.1, 0.15) is 5.82 Å². The van der Waals surface area contributed by atoms with Crippen LogP contribution in [-0.2, 0) is 6.54 Å². The number of rotatable bonds is 4. The molecule has 1 aliphatic heterocycles. The van der Waals surface area contributed by atoms with Crippen molar-refractivity contribution in [3.05, 3.63) is 48.0 Å². The van der Waals surface area contributed by atoms with Crippen LogP contribution < -0.4 is 10.2 Å². The Morgan fingerprint density at radius 1 is 1.41 bits per heavy atom. The number of hydrogen-bond donors (Lipinski definition) is 2. The molecule has 7 heteroatoms. The molecule has 0 aliphatic carbocycles. The summed E-state index contributed by atoms with van der Waals surface area (Å²) in [5.41, 5.74) is 1.84. The van der Waals surface area contributed by atoms with Crippen LogP contribution in [0.5, 0.6) is 0 Å². The molecule has 1 atom stereocenters. The van der Waals surface area contributed by atoms with Crippen LogP contribution in [0.4, 0.5) is 14.9 Å². The first-order chi connectivity index (χ1) is 10.6. The average molecular weight is 304 g/mol. The molecular formula is C15H17FN4O2. The summed E-state index contributed by atoms with van der Waals surface area (Å²) in [6.07, 6.45) is 3.45. The maximum atomic E-state index is 13.0. The SMILES string of the molecule is O=C(O)NCc1cnn(C2CCN(c3ccc(F)cc3)C2)c1. The molecule has 1 amide bonds. The first-order valence-corrected chi connectivity index (χ1v) is 7.12. The molecule has 0 saturated carbocycles. The maximum Gasteiger partial charge on any atom is 0.404 e. The molecule has 116 valence electrons. The van der Waals surface area contributed by atoms with E-state index < -0.39 is 6.09 Å². The van der Waals surface area contributed by atoms with Crippen LogP contribution >= 0.6 is 0 Å². The number of carbonyl (C=O) groups is 1. The Bertz CT molecular complexity index is 656. The molecule has 2 heterocycles. The van der Waals surface area contributed by atoms with Gasteiger partial charge in [0.15, 0.2) is 0 Å². The van der Waals surface area contributed by atoms with Crippen LogP contribution in [-0.4, -0.2) is 34.1 Å². The largest absolute Gasteiger partial charge is 0.465 e. The molecule has 1 aliphatic rings. The Hall–Kier alpha value is -2.57. The predicted octanol–water partition coefficient (Wildman–Crippen LogP) is 2.24. The number of amides is 1. The molecular weight excluding hydrogens is 287 g/mol. The Labute approximate surface area is 127 Å². The normalized spacial score (nSPS) is 17.7. The van der Waals surface area contributed by atoms with Crippen molar-refractivity contribution in [3.8, 4) is 0 Å². The van der Waals surface area contributed by atoms with Gasteiger partial charge in [-0.1, -0.05) is 0 Å². The molecule has 1 unspecified atom stereocenters. The number of nitrogens with one attached hydrogen (secondary N) is 1. The van der Waals surface area contributed by atoms with E-state index in [0.717, 1.165) is 30.8 Å². The van der Waals surface area contributed by atoms with Crippen LogP contribution in [0.2, 0.25) is 0 Å². The predicted molar refractivity (Wildman–Crippen MR) is 79.4 cm³/mol. The second kappa shape index (κ2) is 6.05. The summed E-state index contributed by atoms with van der Waals surface area (Å²) in [7, 11) is 0. The summed E-state index contributed by atoms with van der Waals surface area (Å²) < 4.78 is 14.8. The van der Waals surface area contributed by atoms with Crippen LogP contribution in [0, 0.1) is 5.82 Å². The van der Waals surface area contributed by atoms with Crippen LogP contribution in [0.3, 0.4) is 0 Å². The van der Waals surface area contributed by atoms with E-state index in [1.54, 1.807) is 18.3 Å². The standard InChI is InChI=1S/C15H17FN4O2/c16-12-1-3-13(4-2-12)19-6-5-14(10-19)20-9-11(8-18-20)7-17-15(21)22/h1-4,8-9,14,17H,5-7,10H2,(H,21,22). The monoisotopic (exact) mass is 304 g/mol. The molecule has 6 nitrogen and oxygen atoms in total. The molecule has 2 N–H and O–H groups in total. The van der Waals surface area contributed by atoms with Gasteiger partial charge in [-0.3, -0.25) is 4.68 Å². The van der Waals surface area contributed by atoms with E-state index in [4.69, 9.17) is 5.11 Å². The van der Waals surface area contributed by atoms with Gasteiger partial charge in [-0.05, 0) is 30.7 Å². The highest BCUT2D eigenvalue weighted by Gasteiger charge is 2.24. The molecule has 1 saturated heterocycles. The van der Waals surface area contributed by atoms with Gasteiger partial charge in [0, 0.05) is 37.1 Å². The van der Waals surface area contributed by atoms with Crippen molar-refractivity contribution in [1.82, 2.24) is 15.1 Å². The van der Waals surface area contributed by atoms with Crippen molar-refractivity contribution in [1.29, 1.82) is 0 Å². The number of benzene rings is 1. The summed E-state index contributed by atoms with van der Waals surface area (Å²) in [5.74, 6) is -0.234. The molecule has 0 radical (unpaired) electrons.